The van der Waals surface area contributed by atoms with E-state index in [2.05, 4.69) is 14.2 Å². The Morgan fingerprint density at radius 3 is 1.72 bits per heavy atom. The highest BCUT2D eigenvalue weighted by atomic mass is 16.7. The highest BCUT2D eigenvalue weighted by molar-refractivity contribution is 6.00. The molecule has 0 saturated heterocycles. The summed E-state index contributed by atoms with van der Waals surface area (Å²) >= 11 is 0. The molecule has 0 unspecified atom stereocenters. The van der Waals surface area contributed by atoms with Crippen LogP contribution < -0.4 is 31.3 Å². The lowest BCUT2D eigenvalue weighted by Gasteiger charge is -2.27. The van der Waals surface area contributed by atoms with Crippen LogP contribution >= 0.6 is 0 Å². The standard InChI is InChI=1S/C36H36N4O17/c1-51-34(48)54-25-14-6-11-22-29(25)55-33(47)40(32(22)46)18-8-16-38(30(44)20-9-4-12-23(41)27(20)56-35(49)52-2)15-7-17-39(19-26(37)43)31(45)21-10-5-13-24(42)28(21)57-36(50)53-3/h4-6,9-14,41-42H,7-8,15-19H2,1-3H3,(H2,37,43). The molecular weight excluding hydrogens is 760 g/mol. The minimum Gasteiger partial charge on any atom is -0.504 e. The number of hydrogen-bond donors (Lipinski definition) is 3. The third-order valence-electron chi connectivity index (χ3n) is 7.96. The second kappa shape index (κ2) is 19.1. The van der Waals surface area contributed by atoms with E-state index in [-0.39, 0.29) is 66.9 Å². The summed E-state index contributed by atoms with van der Waals surface area (Å²) in [6, 6.07) is 11.4. The number of para-hydroxylation sites is 3. The van der Waals surface area contributed by atoms with E-state index in [9.17, 15) is 48.6 Å². The molecular formula is C36H36N4O17. The van der Waals surface area contributed by atoms with Crippen LogP contribution in [0.5, 0.6) is 28.7 Å². The van der Waals surface area contributed by atoms with Gasteiger partial charge in [-0.05, 0) is 49.2 Å². The van der Waals surface area contributed by atoms with Gasteiger partial charge in [0.2, 0.25) is 5.91 Å². The lowest BCUT2D eigenvalue weighted by atomic mass is 10.1. The Morgan fingerprint density at radius 1 is 0.684 bits per heavy atom. The number of hydrogen-bond acceptors (Lipinski definition) is 17. The van der Waals surface area contributed by atoms with Gasteiger partial charge in [0, 0.05) is 26.2 Å². The largest absolute Gasteiger partial charge is 0.513 e. The molecule has 0 aliphatic carbocycles. The maximum atomic E-state index is 14.1. The van der Waals surface area contributed by atoms with E-state index in [4.69, 9.17) is 24.4 Å². The Bertz CT molecular complexity index is 2300. The third kappa shape index (κ3) is 10.3. The summed E-state index contributed by atoms with van der Waals surface area (Å²) in [6.45, 7) is -1.60. The lowest BCUT2D eigenvalue weighted by Crippen LogP contribution is -2.41. The van der Waals surface area contributed by atoms with Crippen LogP contribution in [0.1, 0.15) is 33.6 Å². The van der Waals surface area contributed by atoms with Gasteiger partial charge in [-0.25, -0.2) is 23.7 Å². The molecule has 0 saturated carbocycles. The van der Waals surface area contributed by atoms with Crippen molar-refractivity contribution >= 4 is 47.2 Å². The number of amides is 3. The van der Waals surface area contributed by atoms with Crippen molar-refractivity contribution in [2.24, 2.45) is 5.73 Å². The van der Waals surface area contributed by atoms with Crippen molar-refractivity contribution in [3.63, 3.8) is 0 Å². The maximum absolute atomic E-state index is 14.1. The minimum absolute atomic E-state index is 0.0657. The number of nitrogens with zero attached hydrogens (tertiary/aromatic N) is 3. The lowest BCUT2D eigenvalue weighted by molar-refractivity contribution is -0.118. The molecule has 57 heavy (non-hydrogen) atoms. The quantitative estimate of drug-likeness (QED) is 0.0884. The van der Waals surface area contributed by atoms with Crippen LogP contribution in [0.4, 0.5) is 14.4 Å². The van der Waals surface area contributed by atoms with Gasteiger partial charge in [0.05, 0.1) is 44.4 Å². The first-order chi connectivity index (χ1) is 27.2. The molecule has 1 aromatic heterocycles. The zero-order chi connectivity index (χ0) is 41.8. The molecule has 21 heteroatoms. The molecule has 0 bridgehead atoms. The molecule has 21 nitrogen and oxygen atoms in total. The molecule has 0 aliphatic heterocycles. The summed E-state index contributed by atoms with van der Waals surface area (Å²) < 4.78 is 34.4. The molecule has 4 aromatic rings. The normalized spacial score (nSPS) is 10.6. The Morgan fingerprint density at radius 2 is 1.18 bits per heavy atom. The summed E-state index contributed by atoms with van der Waals surface area (Å²) in [6.07, 6.45) is -3.76. The number of carbonyl (C=O) groups excluding carboxylic acids is 6. The predicted molar refractivity (Wildman–Crippen MR) is 192 cm³/mol. The van der Waals surface area contributed by atoms with Crippen LogP contribution in [-0.4, -0.2) is 108 Å². The first kappa shape index (κ1) is 42.2. The highest BCUT2D eigenvalue weighted by Gasteiger charge is 2.27. The zero-order valence-corrected chi connectivity index (χ0v) is 30.6. The van der Waals surface area contributed by atoms with E-state index in [0.29, 0.717) is 0 Å². The van der Waals surface area contributed by atoms with Crippen molar-refractivity contribution in [1.29, 1.82) is 0 Å². The summed E-state index contributed by atoms with van der Waals surface area (Å²) in [7, 11) is 3.08. The fourth-order valence-electron chi connectivity index (χ4n) is 5.38. The van der Waals surface area contributed by atoms with E-state index in [1.54, 1.807) is 0 Å². The van der Waals surface area contributed by atoms with Crippen LogP contribution in [0.2, 0.25) is 0 Å². The second-order valence-electron chi connectivity index (χ2n) is 11.6. The number of fused-ring (bicyclic) bond motifs is 1. The molecule has 3 amide bonds. The molecule has 302 valence electrons. The average Bonchev–Trinajstić information content (AvgIpc) is 3.18. The van der Waals surface area contributed by atoms with Crippen molar-refractivity contribution in [3.05, 3.63) is 86.6 Å². The van der Waals surface area contributed by atoms with Gasteiger partial charge in [-0.1, -0.05) is 18.2 Å². The first-order valence-corrected chi connectivity index (χ1v) is 16.7. The summed E-state index contributed by atoms with van der Waals surface area (Å²) in [5.74, 6) is -6.27. The number of aromatic nitrogens is 1. The molecule has 3 aromatic carbocycles. The van der Waals surface area contributed by atoms with Crippen LogP contribution in [0.15, 0.2) is 68.6 Å². The van der Waals surface area contributed by atoms with E-state index < -0.39 is 77.0 Å². The molecule has 0 aliphatic rings. The smallest absolute Gasteiger partial charge is 0.504 e. The number of carbonyl (C=O) groups is 6. The van der Waals surface area contributed by atoms with Gasteiger partial charge in [-0.3, -0.25) is 19.2 Å². The topological polar surface area (TPSA) is 283 Å². The number of rotatable bonds is 15. The van der Waals surface area contributed by atoms with Gasteiger partial charge in [-0.2, -0.15) is 0 Å². The van der Waals surface area contributed by atoms with Crippen molar-refractivity contribution in [1.82, 2.24) is 14.4 Å². The molecule has 0 spiro atoms. The average molecular weight is 797 g/mol. The Labute approximate surface area is 321 Å². The molecule has 4 rings (SSSR count). The van der Waals surface area contributed by atoms with E-state index >= 15 is 0 Å². The SMILES string of the molecule is COC(=O)Oc1c(O)cccc1C(=O)N(CCCN(CC(N)=O)C(=O)c1cccc(O)c1OC(=O)OC)CCCn1c(=O)oc2c(OC(=O)OC)cccc2c1=O. The molecule has 0 atom stereocenters. The van der Waals surface area contributed by atoms with Crippen molar-refractivity contribution in [3.8, 4) is 28.7 Å². The Hall–Kier alpha value is -7.58. The number of nitrogens with two attached hydrogens (primary N) is 1. The van der Waals surface area contributed by atoms with Crippen molar-refractivity contribution < 1.29 is 71.8 Å². The van der Waals surface area contributed by atoms with Gasteiger partial charge in [0.1, 0.15) is 0 Å². The fourth-order valence-corrected chi connectivity index (χ4v) is 5.38. The number of aromatic hydroxyl groups is 2. The van der Waals surface area contributed by atoms with Gasteiger partial charge in [0.15, 0.2) is 34.3 Å². The monoisotopic (exact) mass is 796 g/mol. The van der Waals surface area contributed by atoms with E-state index in [1.807, 2.05) is 0 Å². The number of ether oxygens (including phenoxy) is 6. The summed E-state index contributed by atoms with van der Waals surface area (Å²) in [5, 5.41) is 20.7. The van der Waals surface area contributed by atoms with Crippen LogP contribution in [0.25, 0.3) is 11.0 Å². The highest BCUT2D eigenvalue weighted by Crippen LogP contribution is 2.33. The summed E-state index contributed by atoms with van der Waals surface area (Å²) in [4.78, 5) is 104. The number of phenols is 2. The predicted octanol–water partition coefficient (Wildman–Crippen LogP) is 2.35. The van der Waals surface area contributed by atoms with Crippen molar-refractivity contribution in [2.45, 2.75) is 19.4 Å². The van der Waals surface area contributed by atoms with E-state index in [1.165, 1.54) is 47.4 Å². The second-order valence-corrected chi connectivity index (χ2v) is 11.6. The van der Waals surface area contributed by atoms with Gasteiger partial charge < -0.3 is 58.6 Å². The minimum atomic E-state index is -1.25. The Balaban J connectivity index is 1.63. The van der Waals surface area contributed by atoms with Crippen LogP contribution in [0.3, 0.4) is 0 Å². The molecule has 4 N–H and O–H groups in total. The number of methoxy groups -OCH3 is 3. The first-order valence-electron chi connectivity index (χ1n) is 16.7. The maximum Gasteiger partial charge on any atom is 0.513 e. The molecule has 0 radical (unpaired) electrons. The number of benzene rings is 3. The number of phenolic OH excluding ortho intramolecular Hbond substituents is 2. The van der Waals surface area contributed by atoms with Crippen molar-refractivity contribution in [2.75, 3.05) is 47.5 Å². The molecule has 1 heterocycles. The van der Waals surface area contributed by atoms with Gasteiger partial charge >= 0.3 is 24.2 Å². The van der Waals surface area contributed by atoms with Gasteiger partial charge in [0.25, 0.3) is 17.4 Å². The Kier molecular flexibility index (Phi) is 14.2. The number of primary amides is 1. The summed E-state index contributed by atoms with van der Waals surface area (Å²) in [5.41, 5.74) is 3.68. The third-order valence-corrected chi connectivity index (χ3v) is 7.96. The zero-order valence-electron chi connectivity index (χ0n) is 30.6. The molecule has 0 fully saturated rings. The van der Waals surface area contributed by atoms with Crippen LogP contribution in [-0.2, 0) is 25.5 Å². The fraction of sp³-hybridized carbons (Fsp3) is 0.278. The van der Waals surface area contributed by atoms with Crippen LogP contribution in [0, 0.1) is 0 Å². The van der Waals surface area contributed by atoms with Gasteiger partial charge in [-0.15, -0.1) is 0 Å². The van der Waals surface area contributed by atoms with E-state index in [0.717, 1.165) is 42.9 Å².